The van der Waals surface area contributed by atoms with Crippen molar-refractivity contribution >= 4 is 93.0 Å². The zero-order valence-corrected chi connectivity index (χ0v) is 27.9. The molecule has 0 saturated carbocycles. The van der Waals surface area contributed by atoms with Crippen molar-refractivity contribution in [3.63, 3.8) is 0 Å². The number of esters is 5. The van der Waals surface area contributed by atoms with Gasteiger partial charge < -0.3 is 33.5 Å². The average molecular weight is 695 g/mol. The molecule has 0 heterocycles. The van der Waals surface area contributed by atoms with Crippen LogP contribution in [0.2, 0.25) is 0 Å². The Morgan fingerprint density at radius 1 is 0.429 bits per heavy atom. The van der Waals surface area contributed by atoms with Crippen molar-refractivity contribution in [1.82, 2.24) is 0 Å². The van der Waals surface area contributed by atoms with Gasteiger partial charge in [-0.05, 0) is 0 Å². The number of aliphatic hydroxyl groups is 1. The van der Waals surface area contributed by atoms with E-state index in [1.807, 2.05) is 0 Å². The highest BCUT2D eigenvalue weighted by Gasteiger charge is 2.39. The van der Waals surface area contributed by atoms with Crippen LogP contribution in [0.1, 0.15) is 32.1 Å². The van der Waals surface area contributed by atoms with E-state index in [0.29, 0.717) is 0 Å². The minimum absolute atomic E-state index is 0.00184. The zero-order chi connectivity index (χ0) is 31.9. The Kier molecular flexibility index (Phi) is 23.8. The normalized spacial score (nSPS) is 11.5. The van der Waals surface area contributed by atoms with Crippen molar-refractivity contribution in [1.29, 1.82) is 0 Å². The summed E-state index contributed by atoms with van der Waals surface area (Å²) in [5.41, 5.74) is -2.74. The first-order valence-electron chi connectivity index (χ1n) is 13.1. The number of thiol groups is 5. The molecule has 42 heavy (non-hydrogen) atoms. The Morgan fingerprint density at radius 3 is 0.905 bits per heavy atom. The lowest BCUT2D eigenvalue weighted by molar-refractivity contribution is -0.172. The Labute approximate surface area is 274 Å². The summed E-state index contributed by atoms with van der Waals surface area (Å²) in [5.74, 6) is -1.76. The van der Waals surface area contributed by atoms with Gasteiger partial charge >= 0.3 is 29.8 Å². The van der Waals surface area contributed by atoms with E-state index in [-0.39, 0.29) is 107 Å². The number of carbonyl (C=O) groups excluding carboxylic acids is 5. The fourth-order valence-corrected chi connectivity index (χ4v) is 3.89. The molecule has 0 saturated heterocycles. The molecule has 0 atom stereocenters. The topological polar surface area (TPSA) is 161 Å². The molecular weight excluding hydrogens is 653 g/mol. The summed E-state index contributed by atoms with van der Waals surface area (Å²) < 4.78 is 32.6. The number of carbonyl (C=O) groups is 5. The van der Waals surface area contributed by atoms with Crippen LogP contribution in [0.25, 0.3) is 0 Å². The van der Waals surface area contributed by atoms with Crippen LogP contribution in [0.15, 0.2) is 0 Å². The standard InChI is InChI=1S/C25H42O12S5/c26-11-24(14-33-19(27)1-6-38,15-34-20(28)2-7-39)12-32-13-25(16-35-21(29)3-8-40,17-36-22(30)4-9-41)18-37-23(31)5-10-42/h26,38-42H,1-18H2. The van der Waals surface area contributed by atoms with Crippen LogP contribution in [0.5, 0.6) is 0 Å². The van der Waals surface area contributed by atoms with E-state index in [1.54, 1.807) is 0 Å². The Bertz CT molecular complexity index is 753. The predicted molar refractivity (Wildman–Crippen MR) is 170 cm³/mol. The number of rotatable bonds is 25. The van der Waals surface area contributed by atoms with Gasteiger partial charge in [-0.25, -0.2) is 0 Å². The van der Waals surface area contributed by atoms with Gasteiger partial charge in [0.2, 0.25) is 0 Å². The smallest absolute Gasteiger partial charge is 0.306 e. The lowest BCUT2D eigenvalue weighted by Gasteiger charge is -2.35. The van der Waals surface area contributed by atoms with Gasteiger partial charge in [0, 0.05) is 28.8 Å². The zero-order valence-electron chi connectivity index (χ0n) is 23.4. The number of hydrogen-bond acceptors (Lipinski definition) is 17. The Morgan fingerprint density at radius 2 is 0.667 bits per heavy atom. The van der Waals surface area contributed by atoms with E-state index in [0.717, 1.165) is 0 Å². The number of hydrogen-bond donors (Lipinski definition) is 6. The van der Waals surface area contributed by atoms with Crippen molar-refractivity contribution in [3.05, 3.63) is 0 Å². The molecule has 0 bridgehead atoms. The van der Waals surface area contributed by atoms with Gasteiger partial charge in [0.1, 0.15) is 33.0 Å². The molecule has 0 aliphatic rings. The average Bonchev–Trinajstić information content (AvgIpc) is 2.95. The van der Waals surface area contributed by atoms with Crippen molar-refractivity contribution in [2.75, 3.05) is 81.6 Å². The quantitative estimate of drug-likeness (QED) is 0.0463. The Hall–Kier alpha value is -0.980. The SMILES string of the molecule is O=C(CCS)OCC(CO)(COCC(COC(=O)CCS)(COC(=O)CCS)COC(=O)CCS)COC(=O)CCS. The van der Waals surface area contributed by atoms with Crippen molar-refractivity contribution in [2.45, 2.75) is 32.1 Å². The highest BCUT2D eigenvalue weighted by molar-refractivity contribution is 7.80. The molecule has 0 rings (SSSR count). The summed E-state index contributed by atoms with van der Waals surface area (Å²) in [4.78, 5) is 60.5. The molecule has 0 aliphatic carbocycles. The molecule has 0 aromatic rings. The third-order valence-electron chi connectivity index (χ3n) is 5.43. The monoisotopic (exact) mass is 694 g/mol. The van der Waals surface area contributed by atoms with E-state index in [9.17, 15) is 29.1 Å². The summed E-state index contributed by atoms with van der Waals surface area (Å²) in [5, 5.41) is 10.3. The molecule has 0 aromatic heterocycles. The Balaban J connectivity index is 6.02. The lowest BCUT2D eigenvalue weighted by atomic mass is 9.90. The highest BCUT2D eigenvalue weighted by Crippen LogP contribution is 2.25. The first-order valence-corrected chi connectivity index (χ1v) is 16.2. The molecule has 12 nitrogen and oxygen atoms in total. The molecule has 0 fully saturated rings. The molecule has 0 spiro atoms. The maximum atomic E-state index is 12.2. The van der Waals surface area contributed by atoms with E-state index in [4.69, 9.17) is 28.4 Å². The summed E-state index contributed by atoms with van der Waals surface area (Å²) >= 11 is 20.1. The molecule has 0 aliphatic heterocycles. The van der Waals surface area contributed by atoms with Gasteiger partial charge in [-0.15, -0.1) is 0 Å². The van der Waals surface area contributed by atoms with Crippen molar-refractivity contribution < 1.29 is 57.5 Å². The molecular formula is C25H42O12S5. The van der Waals surface area contributed by atoms with Crippen LogP contribution >= 0.6 is 63.1 Å². The molecule has 0 amide bonds. The minimum Gasteiger partial charge on any atom is -0.465 e. The van der Waals surface area contributed by atoms with Gasteiger partial charge in [0.25, 0.3) is 0 Å². The van der Waals surface area contributed by atoms with Crippen molar-refractivity contribution in [2.24, 2.45) is 10.8 Å². The minimum atomic E-state index is -1.38. The second kappa shape index (κ2) is 24.4. The maximum Gasteiger partial charge on any atom is 0.306 e. The summed E-state index contributed by atoms with van der Waals surface area (Å²) in [6.45, 7) is -3.02. The van der Waals surface area contributed by atoms with Gasteiger partial charge in [-0.1, -0.05) is 0 Å². The lowest BCUT2D eigenvalue weighted by Crippen LogP contribution is -2.46. The largest absolute Gasteiger partial charge is 0.465 e. The third-order valence-corrected chi connectivity index (χ3v) is 6.55. The first-order chi connectivity index (χ1) is 20.0. The predicted octanol–water partition coefficient (Wildman–Crippen LogP) is 1.28. The van der Waals surface area contributed by atoms with Crippen LogP contribution in [0, 0.1) is 10.8 Å². The van der Waals surface area contributed by atoms with Crippen LogP contribution in [-0.4, -0.2) is 117 Å². The second-order valence-electron chi connectivity index (χ2n) is 9.32. The second-order valence-corrected chi connectivity index (χ2v) is 11.6. The fraction of sp³-hybridized carbons (Fsp3) is 0.800. The van der Waals surface area contributed by atoms with Crippen molar-refractivity contribution in [3.8, 4) is 0 Å². The van der Waals surface area contributed by atoms with E-state index in [1.165, 1.54) is 0 Å². The molecule has 17 heteroatoms. The summed E-state index contributed by atoms with van der Waals surface area (Å²) in [7, 11) is 0. The van der Waals surface area contributed by atoms with Gasteiger partial charge in [-0.3, -0.25) is 24.0 Å². The van der Waals surface area contributed by atoms with Crippen LogP contribution < -0.4 is 0 Å². The maximum absolute atomic E-state index is 12.2. The molecule has 0 unspecified atom stereocenters. The highest BCUT2D eigenvalue weighted by atomic mass is 32.1. The molecule has 1 N–H and O–H groups in total. The van der Waals surface area contributed by atoms with Crippen LogP contribution in [-0.2, 0) is 52.4 Å². The molecule has 0 aromatic carbocycles. The van der Waals surface area contributed by atoms with Crippen LogP contribution in [0.3, 0.4) is 0 Å². The van der Waals surface area contributed by atoms with E-state index in [2.05, 4.69) is 63.1 Å². The first kappa shape index (κ1) is 41.0. The number of ether oxygens (including phenoxy) is 6. The summed E-state index contributed by atoms with van der Waals surface area (Å²) in [6, 6.07) is 0. The molecule has 244 valence electrons. The van der Waals surface area contributed by atoms with E-state index >= 15 is 0 Å². The van der Waals surface area contributed by atoms with E-state index < -0.39 is 47.3 Å². The van der Waals surface area contributed by atoms with Gasteiger partial charge in [-0.2, -0.15) is 63.1 Å². The summed E-state index contributed by atoms with van der Waals surface area (Å²) in [6.07, 6.45) is 0.0353. The number of aliphatic hydroxyl groups excluding tert-OH is 1. The van der Waals surface area contributed by atoms with Gasteiger partial charge in [0.05, 0.1) is 62.8 Å². The van der Waals surface area contributed by atoms with Gasteiger partial charge in [0.15, 0.2) is 0 Å². The third kappa shape index (κ3) is 18.6. The fourth-order valence-electron chi connectivity index (χ4n) is 2.98. The molecule has 0 radical (unpaired) electrons. The van der Waals surface area contributed by atoms with Crippen LogP contribution in [0.4, 0.5) is 0 Å².